The van der Waals surface area contributed by atoms with Gasteiger partial charge in [-0.1, -0.05) is 35.8 Å². The van der Waals surface area contributed by atoms with E-state index in [-0.39, 0.29) is 6.10 Å². The highest BCUT2D eigenvalue weighted by molar-refractivity contribution is 9.10. The van der Waals surface area contributed by atoms with Crippen LogP contribution in [0.2, 0.25) is 0 Å². The van der Waals surface area contributed by atoms with Crippen LogP contribution in [0.15, 0.2) is 22.7 Å². The van der Waals surface area contributed by atoms with Gasteiger partial charge in [-0.05, 0) is 141 Å². The molecule has 36 heavy (non-hydrogen) atoms. The number of amides is 1. The van der Waals surface area contributed by atoms with Gasteiger partial charge < -0.3 is 10.0 Å². The van der Waals surface area contributed by atoms with Gasteiger partial charge in [-0.25, -0.2) is 0 Å². The van der Waals surface area contributed by atoms with Gasteiger partial charge in [0.1, 0.15) is 0 Å². The molecule has 5 aliphatic rings. The number of aliphatic hydroxyl groups excluding tert-OH is 1. The molecule has 6 rings (SSSR count). The first kappa shape index (κ1) is 25.4. The van der Waals surface area contributed by atoms with Crippen molar-refractivity contribution in [1.29, 1.82) is 0 Å². The lowest BCUT2D eigenvalue weighted by atomic mass is 9.44. The van der Waals surface area contributed by atoms with E-state index in [1.54, 1.807) is 0 Å². The van der Waals surface area contributed by atoms with E-state index in [0.717, 1.165) is 79.3 Å². The molecule has 0 radical (unpaired) electrons. The molecule has 8 atom stereocenters. The van der Waals surface area contributed by atoms with Crippen molar-refractivity contribution in [2.45, 2.75) is 110 Å². The molecule has 198 valence electrons. The summed E-state index contributed by atoms with van der Waals surface area (Å²) in [5.41, 5.74) is 3.66. The Hall–Kier alpha value is -0.870. The van der Waals surface area contributed by atoms with E-state index in [9.17, 15) is 9.90 Å². The Bertz CT molecular complexity index is 994. The third-order valence-electron chi connectivity index (χ3n) is 12.3. The molecular formula is C32H46BrNO2. The Labute approximate surface area is 226 Å². The lowest BCUT2D eigenvalue weighted by Crippen LogP contribution is -2.53. The van der Waals surface area contributed by atoms with Crippen molar-refractivity contribution in [3.63, 3.8) is 0 Å². The summed E-state index contributed by atoms with van der Waals surface area (Å²) >= 11 is 3.58. The first-order valence-electron chi connectivity index (χ1n) is 15.0. The minimum atomic E-state index is -0.0473. The van der Waals surface area contributed by atoms with Crippen LogP contribution in [0.4, 0.5) is 0 Å². The molecule has 3 nitrogen and oxygen atoms in total. The SMILES string of the molecule is CC12CCC3C(CCC4C[C@H](O)CCC43C)C1CCC2CCCC(=O)N1CCc2cc(Br)ccc2C1. The first-order valence-corrected chi connectivity index (χ1v) is 15.8. The number of fused-ring (bicyclic) bond motifs is 6. The van der Waals surface area contributed by atoms with Crippen LogP contribution in [-0.2, 0) is 17.8 Å². The molecule has 1 N–H and O–H groups in total. The van der Waals surface area contributed by atoms with E-state index in [1.807, 2.05) is 0 Å². The van der Waals surface area contributed by atoms with Crippen molar-refractivity contribution >= 4 is 21.8 Å². The number of rotatable bonds is 4. The van der Waals surface area contributed by atoms with Crippen molar-refractivity contribution in [3.8, 4) is 0 Å². The Morgan fingerprint density at radius 3 is 2.69 bits per heavy atom. The standard InChI is InChI=1S/C32H46BrNO2/c1-31-16-13-29-27(10-7-24-19-26(35)12-15-32(24,29)2)28(31)11-8-23(31)4-3-5-30(36)34-17-14-21-18-25(33)9-6-22(21)20-34/h6,9,18,23-24,26-29,35H,3-5,7-8,10-17,19-20H2,1-2H3/t23?,24?,26-,27?,28?,29?,31?,32?/m1/s1. The molecule has 4 saturated carbocycles. The molecule has 4 fully saturated rings. The van der Waals surface area contributed by atoms with Gasteiger partial charge in [0.05, 0.1) is 6.10 Å². The van der Waals surface area contributed by atoms with Crippen LogP contribution in [0.25, 0.3) is 0 Å². The quantitative estimate of drug-likeness (QED) is 0.417. The van der Waals surface area contributed by atoms with Crippen molar-refractivity contribution < 1.29 is 9.90 Å². The molecule has 0 spiro atoms. The van der Waals surface area contributed by atoms with E-state index >= 15 is 0 Å². The second-order valence-corrected chi connectivity index (χ2v) is 14.7. The maximum atomic E-state index is 13.1. The molecule has 1 aromatic rings. The molecule has 0 bridgehead atoms. The van der Waals surface area contributed by atoms with E-state index < -0.39 is 0 Å². The summed E-state index contributed by atoms with van der Waals surface area (Å²) in [4.78, 5) is 15.2. The summed E-state index contributed by atoms with van der Waals surface area (Å²) in [6.45, 7) is 6.88. The Balaban J connectivity index is 1.05. The number of hydrogen-bond acceptors (Lipinski definition) is 2. The van der Waals surface area contributed by atoms with Gasteiger partial charge >= 0.3 is 0 Å². The van der Waals surface area contributed by atoms with Crippen LogP contribution in [0.1, 0.15) is 102 Å². The molecular weight excluding hydrogens is 510 g/mol. The normalized spacial score (nSPS) is 41.7. The molecule has 1 aromatic carbocycles. The highest BCUT2D eigenvalue weighted by Gasteiger charge is 2.59. The van der Waals surface area contributed by atoms with Crippen LogP contribution in [0.5, 0.6) is 0 Å². The van der Waals surface area contributed by atoms with Gasteiger partial charge in [0.15, 0.2) is 0 Å². The summed E-state index contributed by atoms with van der Waals surface area (Å²) in [5.74, 6) is 4.58. The second-order valence-electron chi connectivity index (χ2n) is 13.8. The van der Waals surface area contributed by atoms with Gasteiger partial charge in [-0.2, -0.15) is 0 Å². The smallest absolute Gasteiger partial charge is 0.222 e. The largest absolute Gasteiger partial charge is 0.393 e. The predicted octanol–water partition coefficient (Wildman–Crippen LogP) is 7.52. The molecule has 0 saturated heterocycles. The van der Waals surface area contributed by atoms with Crippen LogP contribution in [-0.4, -0.2) is 28.6 Å². The summed E-state index contributed by atoms with van der Waals surface area (Å²) in [7, 11) is 0. The van der Waals surface area contributed by atoms with E-state index in [4.69, 9.17) is 0 Å². The van der Waals surface area contributed by atoms with Crippen molar-refractivity contribution in [2.24, 2.45) is 40.4 Å². The zero-order valence-electron chi connectivity index (χ0n) is 22.5. The fraction of sp³-hybridized carbons (Fsp3) is 0.781. The topological polar surface area (TPSA) is 40.5 Å². The molecule has 1 aliphatic heterocycles. The summed E-state index contributed by atoms with van der Waals surface area (Å²) < 4.78 is 1.14. The Morgan fingerprint density at radius 1 is 1.03 bits per heavy atom. The minimum Gasteiger partial charge on any atom is -0.393 e. The lowest BCUT2D eigenvalue weighted by molar-refractivity contribution is -0.132. The third kappa shape index (κ3) is 4.31. The number of hydrogen-bond donors (Lipinski definition) is 1. The van der Waals surface area contributed by atoms with Gasteiger partial charge in [0, 0.05) is 24.0 Å². The van der Waals surface area contributed by atoms with Gasteiger partial charge in [-0.3, -0.25) is 4.79 Å². The number of aliphatic hydroxyl groups is 1. The molecule has 7 unspecified atom stereocenters. The van der Waals surface area contributed by atoms with E-state index in [1.165, 1.54) is 62.5 Å². The van der Waals surface area contributed by atoms with Gasteiger partial charge in [-0.15, -0.1) is 0 Å². The monoisotopic (exact) mass is 555 g/mol. The number of carbonyl (C=O) groups excluding carboxylic acids is 1. The molecule has 1 amide bonds. The second kappa shape index (κ2) is 9.70. The van der Waals surface area contributed by atoms with Crippen LogP contribution >= 0.6 is 15.9 Å². The number of benzene rings is 1. The highest BCUT2D eigenvalue weighted by Crippen LogP contribution is 2.67. The predicted molar refractivity (Wildman–Crippen MR) is 148 cm³/mol. The maximum Gasteiger partial charge on any atom is 0.222 e. The zero-order chi connectivity index (χ0) is 25.1. The van der Waals surface area contributed by atoms with Crippen molar-refractivity contribution in [3.05, 3.63) is 33.8 Å². The Morgan fingerprint density at radius 2 is 1.83 bits per heavy atom. The fourth-order valence-corrected chi connectivity index (χ4v) is 10.6. The van der Waals surface area contributed by atoms with Crippen molar-refractivity contribution in [1.82, 2.24) is 4.90 Å². The average molecular weight is 557 g/mol. The maximum absolute atomic E-state index is 13.1. The van der Waals surface area contributed by atoms with Crippen LogP contribution in [0.3, 0.4) is 0 Å². The first-order chi connectivity index (χ1) is 17.3. The highest BCUT2D eigenvalue weighted by atomic mass is 79.9. The van der Waals surface area contributed by atoms with Gasteiger partial charge in [0.25, 0.3) is 0 Å². The summed E-state index contributed by atoms with van der Waals surface area (Å²) in [5, 5.41) is 10.3. The van der Waals surface area contributed by atoms with E-state index in [2.05, 4.69) is 52.9 Å². The fourth-order valence-electron chi connectivity index (χ4n) is 10.2. The molecule has 0 aromatic heterocycles. The number of carbonyl (C=O) groups is 1. The minimum absolute atomic E-state index is 0.0473. The number of nitrogens with zero attached hydrogens (tertiary/aromatic N) is 1. The molecule has 4 aliphatic carbocycles. The average Bonchev–Trinajstić information content (AvgIpc) is 3.20. The van der Waals surface area contributed by atoms with E-state index in [0.29, 0.717) is 16.7 Å². The third-order valence-corrected chi connectivity index (χ3v) is 12.8. The van der Waals surface area contributed by atoms with Crippen LogP contribution in [0, 0.1) is 40.4 Å². The number of halogens is 1. The lowest BCUT2D eigenvalue weighted by Gasteiger charge is -2.61. The molecule has 4 heteroatoms. The van der Waals surface area contributed by atoms with Crippen molar-refractivity contribution in [2.75, 3.05) is 6.54 Å². The zero-order valence-corrected chi connectivity index (χ0v) is 24.1. The Kier molecular flexibility index (Phi) is 6.85. The summed E-state index contributed by atoms with van der Waals surface area (Å²) in [6.07, 6.45) is 15.6. The summed E-state index contributed by atoms with van der Waals surface area (Å²) in [6, 6.07) is 6.49. The van der Waals surface area contributed by atoms with Crippen LogP contribution < -0.4 is 0 Å². The molecule has 1 heterocycles. The van der Waals surface area contributed by atoms with Gasteiger partial charge in [0.2, 0.25) is 5.91 Å².